The molecule has 0 spiro atoms. The van der Waals surface area contributed by atoms with E-state index in [1.807, 2.05) is 0 Å². The van der Waals surface area contributed by atoms with Gasteiger partial charge in [-0.2, -0.15) is 13.2 Å². The Morgan fingerprint density at radius 2 is 1.25 bits per heavy atom. The van der Waals surface area contributed by atoms with Gasteiger partial charge in [0.05, 0.1) is 4.21 Å². The van der Waals surface area contributed by atoms with Gasteiger partial charge < -0.3 is 0 Å². The van der Waals surface area contributed by atoms with Crippen LogP contribution in [0.4, 0.5) is 22.0 Å². The fraction of sp³-hybridized carbons (Fsp3) is 0.0588. The van der Waals surface area contributed by atoms with Gasteiger partial charge in [-0.3, -0.25) is 0 Å². The number of thioether (sulfide) groups is 1. The zero-order valence-corrected chi connectivity index (χ0v) is 13.5. The highest BCUT2D eigenvalue weighted by Crippen LogP contribution is 2.47. The Hall–Kier alpha value is -1.86. The van der Waals surface area contributed by atoms with E-state index in [1.165, 1.54) is 54.6 Å². The van der Waals surface area contributed by atoms with Gasteiger partial charge in [0.1, 0.15) is 11.6 Å². The number of hydrogen-bond acceptors (Lipinski definition) is 2. The summed E-state index contributed by atoms with van der Waals surface area (Å²) in [6, 6.07) is 12.5. The first-order valence-corrected chi connectivity index (χ1v) is 8.36. The van der Waals surface area contributed by atoms with Gasteiger partial charge in [-0.15, -0.1) is 11.3 Å². The zero-order chi connectivity index (χ0) is 17.3. The molecule has 7 heteroatoms. The van der Waals surface area contributed by atoms with E-state index in [1.54, 1.807) is 0 Å². The van der Waals surface area contributed by atoms with Crippen molar-refractivity contribution in [1.29, 1.82) is 0 Å². The van der Waals surface area contributed by atoms with Crippen LogP contribution in [-0.2, 0) is 0 Å². The summed E-state index contributed by atoms with van der Waals surface area (Å²) in [7, 11) is 0. The van der Waals surface area contributed by atoms with Crippen molar-refractivity contribution in [2.75, 3.05) is 0 Å². The Bertz CT molecular complexity index is 770. The summed E-state index contributed by atoms with van der Waals surface area (Å²) in [5, 5.41) is 0. The van der Waals surface area contributed by atoms with E-state index in [4.69, 9.17) is 0 Å². The highest BCUT2D eigenvalue weighted by Gasteiger charge is 2.31. The molecule has 0 atom stereocenters. The number of benzene rings is 2. The molecule has 0 saturated heterocycles. The predicted molar refractivity (Wildman–Crippen MR) is 87.0 cm³/mol. The highest BCUT2D eigenvalue weighted by atomic mass is 32.2. The van der Waals surface area contributed by atoms with Gasteiger partial charge in [0.15, 0.2) is 0 Å². The van der Waals surface area contributed by atoms with Gasteiger partial charge in [0.2, 0.25) is 0 Å². The van der Waals surface area contributed by atoms with E-state index in [2.05, 4.69) is 0 Å². The number of thiophene rings is 1. The standard InChI is InChI=1S/C17H9F5S2/c18-12-5-1-10(2-6-12)14-9-15(24-17(20,21)22)23-16(14)11-3-7-13(19)8-4-11/h1-9H. The predicted octanol–water partition coefficient (Wildman–Crippen LogP) is 6.97. The minimum atomic E-state index is -4.40. The van der Waals surface area contributed by atoms with Crippen molar-refractivity contribution in [3.05, 3.63) is 66.2 Å². The molecule has 0 amide bonds. The Kier molecular flexibility index (Phi) is 4.64. The molecular formula is C17H9F5S2. The summed E-state index contributed by atoms with van der Waals surface area (Å²) in [5.74, 6) is -0.856. The Morgan fingerprint density at radius 1 is 0.750 bits per heavy atom. The Morgan fingerprint density at radius 3 is 1.75 bits per heavy atom. The van der Waals surface area contributed by atoms with Crippen LogP contribution in [-0.4, -0.2) is 5.51 Å². The third-order valence-corrected chi connectivity index (χ3v) is 5.22. The summed E-state index contributed by atoms with van der Waals surface area (Å²) < 4.78 is 64.3. The van der Waals surface area contributed by atoms with Crippen molar-refractivity contribution in [2.45, 2.75) is 9.72 Å². The van der Waals surface area contributed by atoms with Crippen LogP contribution in [0.25, 0.3) is 21.6 Å². The minimum absolute atomic E-state index is 0.0705. The maximum atomic E-state index is 13.1. The van der Waals surface area contributed by atoms with Crippen LogP contribution in [0.3, 0.4) is 0 Å². The molecule has 124 valence electrons. The first-order chi connectivity index (χ1) is 11.3. The molecule has 2 aromatic carbocycles. The van der Waals surface area contributed by atoms with E-state index in [9.17, 15) is 22.0 Å². The van der Waals surface area contributed by atoms with Gasteiger partial charge in [-0.05, 0) is 53.2 Å². The van der Waals surface area contributed by atoms with Crippen LogP contribution in [0.1, 0.15) is 0 Å². The average molecular weight is 372 g/mol. The lowest BCUT2D eigenvalue weighted by molar-refractivity contribution is -0.0326. The van der Waals surface area contributed by atoms with Crippen LogP contribution in [0.5, 0.6) is 0 Å². The van der Waals surface area contributed by atoms with E-state index in [0.29, 0.717) is 21.6 Å². The Labute approximate surface area is 143 Å². The summed E-state index contributed by atoms with van der Waals surface area (Å²) in [6.45, 7) is 0. The molecule has 0 aliphatic carbocycles. The second kappa shape index (κ2) is 6.57. The number of alkyl halides is 3. The number of rotatable bonds is 3. The van der Waals surface area contributed by atoms with Gasteiger partial charge >= 0.3 is 5.51 Å². The lowest BCUT2D eigenvalue weighted by atomic mass is 10.0. The first-order valence-electron chi connectivity index (χ1n) is 6.73. The van der Waals surface area contributed by atoms with E-state index in [0.717, 1.165) is 11.3 Å². The van der Waals surface area contributed by atoms with E-state index >= 15 is 0 Å². The van der Waals surface area contributed by atoms with Crippen molar-refractivity contribution in [2.24, 2.45) is 0 Å². The summed E-state index contributed by atoms with van der Waals surface area (Å²) in [5.41, 5.74) is -2.64. The molecule has 0 bridgehead atoms. The van der Waals surface area contributed by atoms with Crippen LogP contribution < -0.4 is 0 Å². The maximum Gasteiger partial charge on any atom is 0.447 e. The van der Waals surface area contributed by atoms with Crippen molar-refractivity contribution < 1.29 is 22.0 Å². The molecule has 0 aliphatic heterocycles. The van der Waals surface area contributed by atoms with Crippen LogP contribution >= 0.6 is 23.1 Å². The van der Waals surface area contributed by atoms with Crippen molar-refractivity contribution in [1.82, 2.24) is 0 Å². The van der Waals surface area contributed by atoms with Crippen molar-refractivity contribution >= 4 is 23.1 Å². The number of hydrogen-bond donors (Lipinski definition) is 0. The van der Waals surface area contributed by atoms with Gasteiger partial charge in [0, 0.05) is 10.4 Å². The smallest absolute Gasteiger partial charge is 0.207 e. The minimum Gasteiger partial charge on any atom is -0.207 e. The van der Waals surface area contributed by atoms with Gasteiger partial charge in [0.25, 0.3) is 0 Å². The second-order valence-corrected chi connectivity index (χ2v) is 7.29. The van der Waals surface area contributed by atoms with E-state index in [-0.39, 0.29) is 16.0 Å². The van der Waals surface area contributed by atoms with Gasteiger partial charge in [-0.1, -0.05) is 24.3 Å². The molecule has 3 rings (SSSR count). The SMILES string of the molecule is Fc1ccc(-c2cc(SC(F)(F)F)sc2-c2ccc(F)cc2)cc1. The molecule has 0 radical (unpaired) electrons. The summed E-state index contributed by atoms with van der Waals surface area (Å²) in [4.78, 5) is 0.577. The summed E-state index contributed by atoms with van der Waals surface area (Å²) in [6.07, 6.45) is 0. The zero-order valence-electron chi connectivity index (χ0n) is 11.9. The third kappa shape index (κ3) is 3.96. The van der Waals surface area contributed by atoms with Crippen LogP contribution in [0.2, 0.25) is 0 Å². The average Bonchev–Trinajstić information content (AvgIpc) is 2.90. The molecule has 1 aromatic heterocycles. The molecule has 0 unspecified atom stereocenters. The van der Waals surface area contributed by atoms with Crippen molar-refractivity contribution in [3.8, 4) is 21.6 Å². The van der Waals surface area contributed by atoms with Crippen molar-refractivity contribution in [3.63, 3.8) is 0 Å². The molecule has 0 N–H and O–H groups in total. The second-order valence-electron chi connectivity index (χ2n) is 4.87. The fourth-order valence-electron chi connectivity index (χ4n) is 2.19. The molecule has 3 aromatic rings. The Balaban J connectivity index is 2.10. The molecule has 24 heavy (non-hydrogen) atoms. The largest absolute Gasteiger partial charge is 0.447 e. The lowest BCUT2D eigenvalue weighted by Crippen LogP contribution is -1.97. The fourth-order valence-corrected chi connectivity index (χ4v) is 4.22. The van der Waals surface area contributed by atoms with Gasteiger partial charge in [-0.25, -0.2) is 8.78 Å². The third-order valence-electron chi connectivity index (χ3n) is 3.19. The molecule has 0 fully saturated rings. The highest BCUT2D eigenvalue weighted by molar-refractivity contribution is 8.02. The molecule has 0 aliphatic rings. The molecule has 1 heterocycles. The number of halogens is 5. The maximum absolute atomic E-state index is 13.1. The molecule has 0 nitrogen and oxygen atoms in total. The monoisotopic (exact) mass is 372 g/mol. The summed E-state index contributed by atoms with van der Waals surface area (Å²) >= 11 is 0.773. The van der Waals surface area contributed by atoms with E-state index < -0.39 is 17.1 Å². The topological polar surface area (TPSA) is 0 Å². The molecule has 0 saturated carbocycles. The van der Waals surface area contributed by atoms with Crippen LogP contribution in [0, 0.1) is 11.6 Å². The molecular weight excluding hydrogens is 363 g/mol. The van der Waals surface area contributed by atoms with Crippen LogP contribution in [0.15, 0.2) is 58.8 Å². The normalized spacial score (nSPS) is 11.7. The quantitative estimate of drug-likeness (QED) is 0.353. The lowest BCUT2D eigenvalue weighted by Gasteiger charge is -2.04. The first kappa shape index (κ1) is 17.0.